The highest BCUT2D eigenvalue weighted by Crippen LogP contribution is 2.25. The molecule has 0 amide bonds. The Morgan fingerprint density at radius 1 is 1.29 bits per heavy atom. The van der Waals surface area contributed by atoms with Gasteiger partial charge in [-0.05, 0) is 12.1 Å². The first-order valence-electron chi connectivity index (χ1n) is 3.72. The lowest BCUT2D eigenvalue weighted by molar-refractivity contribution is 0.415. The lowest BCUT2D eigenvalue weighted by atomic mass is 10.2. The van der Waals surface area contributed by atoms with E-state index >= 15 is 0 Å². The van der Waals surface area contributed by atoms with Gasteiger partial charge in [0.05, 0.1) is 18.3 Å². The molecular weight excluding hydrogens is 223 g/mol. The van der Waals surface area contributed by atoms with Gasteiger partial charge in [-0.2, -0.15) is 0 Å². The summed E-state index contributed by atoms with van der Waals surface area (Å²) in [4.78, 5) is 3.06. The van der Waals surface area contributed by atoms with Crippen molar-refractivity contribution >= 4 is 41.4 Å². The number of aromatic nitrogens is 1. The van der Waals surface area contributed by atoms with E-state index in [0.717, 1.165) is 16.7 Å². The number of fused-ring (bicyclic) bond motifs is 1. The van der Waals surface area contributed by atoms with Gasteiger partial charge in [-0.15, -0.1) is 24.8 Å². The molecule has 0 fully saturated rings. The fourth-order valence-electron chi connectivity index (χ4n) is 1.29. The number of hydrogen-bond acceptors (Lipinski definition) is 2. The summed E-state index contributed by atoms with van der Waals surface area (Å²) in [6, 6.07) is 5.72. The van der Waals surface area contributed by atoms with E-state index in [4.69, 9.17) is 10.5 Å². The highest BCUT2D eigenvalue weighted by atomic mass is 35.5. The van der Waals surface area contributed by atoms with Crippen LogP contribution in [0, 0.1) is 0 Å². The molecule has 0 aliphatic rings. The van der Waals surface area contributed by atoms with Crippen molar-refractivity contribution in [2.45, 2.75) is 0 Å². The summed E-state index contributed by atoms with van der Waals surface area (Å²) in [5, 5.41) is 1.08. The molecule has 0 aliphatic heterocycles. The zero-order valence-corrected chi connectivity index (χ0v) is 9.24. The molecule has 0 bridgehead atoms. The summed E-state index contributed by atoms with van der Waals surface area (Å²) in [5.74, 6) is 0.791. The van der Waals surface area contributed by atoms with E-state index in [9.17, 15) is 0 Å². The zero-order valence-electron chi connectivity index (χ0n) is 7.61. The quantitative estimate of drug-likeness (QED) is 0.746. The van der Waals surface area contributed by atoms with E-state index in [-0.39, 0.29) is 24.8 Å². The number of nitrogen functional groups attached to an aromatic ring is 1. The Bertz CT molecular complexity index is 414. The van der Waals surface area contributed by atoms with E-state index in [1.54, 1.807) is 13.2 Å². The van der Waals surface area contributed by atoms with Gasteiger partial charge in [-0.25, -0.2) is 0 Å². The van der Waals surface area contributed by atoms with Gasteiger partial charge in [0.2, 0.25) is 0 Å². The van der Waals surface area contributed by atoms with Gasteiger partial charge < -0.3 is 15.5 Å². The number of halogens is 2. The lowest BCUT2D eigenvalue weighted by Gasteiger charge is -2.01. The van der Waals surface area contributed by atoms with E-state index in [1.165, 1.54) is 0 Å². The van der Waals surface area contributed by atoms with Crippen LogP contribution in [0.1, 0.15) is 0 Å². The van der Waals surface area contributed by atoms with Gasteiger partial charge in [0, 0.05) is 17.6 Å². The summed E-state index contributed by atoms with van der Waals surface area (Å²) < 4.78 is 5.08. The van der Waals surface area contributed by atoms with Crippen LogP contribution < -0.4 is 10.5 Å². The number of nitrogens with two attached hydrogens (primary N) is 1. The summed E-state index contributed by atoms with van der Waals surface area (Å²) in [7, 11) is 1.63. The van der Waals surface area contributed by atoms with Crippen molar-refractivity contribution in [3.63, 3.8) is 0 Å². The van der Waals surface area contributed by atoms with Crippen molar-refractivity contribution in [2.75, 3.05) is 12.8 Å². The number of aromatic amines is 1. The Kier molecular flexibility index (Phi) is 4.60. The van der Waals surface area contributed by atoms with Gasteiger partial charge in [0.15, 0.2) is 0 Å². The minimum Gasteiger partial charge on any atom is -0.497 e. The second-order valence-electron chi connectivity index (χ2n) is 2.66. The molecule has 0 atom stereocenters. The smallest absolute Gasteiger partial charge is 0.121 e. The third kappa shape index (κ3) is 2.05. The highest BCUT2D eigenvalue weighted by Gasteiger charge is 2.01. The maximum absolute atomic E-state index is 5.77. The molecule has 3 N–H and O–H groups in total. The number of H-pyrrole nitrogens is 1. The lowest BCUT2D eigenvalue weighted by Crippen LogP contribution is -1.89. The number of hydrogen-bond donors (Lipinski definition) is 2. The first kappa shape index (κ1) is 12.9. The fraction of sp³-hybridized carbons (Fsp3) is 0.111. The predicted octanol–water partition coefficient (Wildman–Crippen LogP) is 2.60. The first-order valence-corrected chi connectivity index (χ1v) is 3.72. The average Bonchev–Trinajstić information content (AvgIpc) is 2.52. The predicted molar refractivity (Wildman–Crippen MR) is 63.8 cm³/mol. The van der Waals surface area contributed by atoms with E-state index < -0.39 is 0 Å². The molecule has 3 nitrogen and oxygen atoms in total. The van der Waals surface area contributed by atoms with Gasteiger partial charge >= 0.3 is 0 Å². The second-order valence-corrected chi connectivity index (χ2v) is 2.66. The van der Waals surface area contributed by atoms with Gasteiger partial charge in [-0.3, -0.25) is 0 Å². The molecule has 0 radical (unpaired) electrons. The highest BCUT2D eigenvalue weighted by molar-refractivity contribution is 5.91. The topological polar surface area (TPSA) is 51.0 Å². The molecule has 1 aromatic carbocycles. The van der Waals surface area contributed by atoms with Crippen LogP contribution in [0.5, 0.6) is 5.75 Å². The van der Waals surface area contributed by atoms with E-state index in [0.29, 0.717) is 5.69 Å². The number of nitrogens with one attached hydrogen (secondary N) is 1. The molecule has 1 heterocycles. The summed E-state index contributed by atoms with van der Waals surface area (Å²) in [6.07, 6.45) is 1.86. The molecule has 0 saturated carbocycles. The van der Waals surface area contributed by atoms with Gasteiger partial charge in [0.25, 0.3) is 0 Å². The van der Waals surface area contributed by atoms with E-state index in [2.05, 4.69) is 4.98 Å². The van der Waals surface area contributed by atoms with Crippen molar-refractivity contribution in [2.24, 2.45) is 0 Å². The fourth-order valence-corrected chi connectivity index (χ4v) is 1.29. The van der Waals surface area contributed by atoms with Gasteiger partial charge in [-0.1, -0.05) is 0 Å². The number of rotatable bonds is 1. The summed E-state index contributed by atoms with van der Waals surface area (Å²) in [6.45, 7) is 0. The SMILES string of the molecule is COc1cc(N)c2[nH]ccc2c1.Cl.Cl. The van der Waals surface area contributed by atoms with Crippen LogP contribution in [0.15, 0.2) is 24.4 Å². The number of anilines is 1. The van der Waals surface area contributed by atoms with Crippen molar-refractivity contribution in [1.29, 1.82) is 0 Å². The van der Waals surface area contributed by atoms with Crippen LogP contribution in [0.25, 0.3) is 10.9 Å². The molecule has 1 aromatic heterocycles. The Labute approximate surface area is 94.4 Å². The van der Waals surface area contributed by atoms with Crippen molar-refractivity contribution < 1.29 is 4.74 Å². The maximum atomic E-state index is 5.77. The largest absolute Gasteiger partial charge is 0.497 e. The molecule has 5 heteroatoms. The third-order valence-electron chi connectivity index (χ3n) is 1.90. The molecule has 0 spiro atoms. The molecule has 78 valence electrons. The molecule has 0 unspecified atom stereocenters. The normalized spacial score (nSPS) is 8.93. The molecule has 2 rings (SSSR count). The molecule has 0 aliphatic carbocycles. The molecule has 0 saturated heterocycles. The number of methoxy groups -OCH3 is 1. The van der Waals surface area contributed by atoms with Gasteiger partial charge in [0.1, 0.15) is 5.75 Å². The monoisotopic (exact) mass is 234 g/mol. The van der Waals surface area contributed by atoms with Crippen molar-refractivity contribution in [1.82, 2.24) is 4.98 Å². The number of benzene rings is 1. The van der Waals surface area contributed by atoms with Crippen LogP contribution >= 0.6 is 24.8 Å². The van der Waals surface area contributed by atoms with Crippen LogP contribution in [-0.2, 0) is 0 Å². The van der Waals surface area contributed by atoms with Crippen LogP contribution in [0.4, 0.5) is 5.69 Å². The molecule has 14 heavy (non-hydrogen) atoms. The molecular formula is C9H12Cl2N2O. The molecule has 2 aromatic rings. The first-order chi connectivity index (χ1) is 5.81. The Morgan fingerprint density at radius 2 is 2.00 bits per heavy atom. The Hall–Kier alpha value is -1.06. The van der Waals surface area contributed by atoms with Crippen LogP contribution in [-0.4, -0.2) is 12.1 Å². The standard InChI is InChI=1S/C9H10N2O.2ClH/c1-12-7-4-6-2-3-11-9(6)8(10)5-7;;/h2-5,11H,10H2,1H3;2*1H. The minimum absolute atomic E-state index is 0. The van der Waals surface area contributed by atoms with Crippen molar-refractivity contribution in [3.8, 4) is 5.75 Å². The Morgan fingerprint density at radius 3 is 2.64 bits per heavy atom. The van der Waals surface area contributed by atoms with Crippen LogP contribution in [0.2, 0.25) is 0 Å². The maximum Gasteiger partial charge on any atom is 0.121 e. The van der Waals surface area contributed by atoms with E-state index in [1.807, 2.05) is 18.3 Å². The third-order valence-corrected chi connectivity index (χ3v) is 1.90. The minimum atomic E-state index is 0. The zero-order chi connectivity index (χ0) is 8.55. The summed E-state index contributed by atoms with van der Waals surface area (Å²) >= 11 is 0. The van der Waals surface area contributed by atoms with Crippen LogP contribution in [0.3, 0.4) is 0 Å². The summed E-state index contributed by atoms with van der Waals surface area (Å²) in [5.41, 5.74) is 7.45. The number of ether oxygens (including phenoxy) is 1. The van der Waals surface area contributed by atoms with Crippen molar-refractivity contribution in [3.05, 3.63) is 24.4 Å². The average molecular weight is 235 g/mol. The Balaban J connectivity index is 0.000000845. The second kappa shape index (κ2) is 4.98.